The third-order valence-electron chi connectivity index (χ3n) is 2.90. The molecule has 21 heavy (non-hydrogen) atoms. The molecule has 0 aliphatic carbocycles. The summed E-state index contributed by atoms with van der Waals surface area (Å²) < 4.78 is 28.9. The van der Waals surface area contributed by atoms with E-state index in [-0.39, 0.29) is 6.61 Å². The molecule has 0 aromatic carbocycles. The van der Waals surface area contributed by atoms with Crippen LogP contribution in [0, 0.1) is 0 Å². The van der Waals surface area contributed by atoms with Gasteiger partial charge in [0.2, 0.25) is 0 Å². The number of rotatable bonds is 8. The molecule has 0 fully saturated rings. The fourth-order valence-electron chi connectivity index (χ4n) is 1.94. The van der Waals surface area contributed by atoms with Crippen LogP contribution in [0.4, 0.5) is 14.6 Å². The third kappa shape index (κ3) is 4.31. The van der Waals surface area contributed by atoms with Crippen molar-refractivity contribution in [1.29, 1.82) is 0 Å². The normalized spacial score (nSPS) is 11.5. The van der Waals surface area contributed by atoms with Crippen molar-refractivity contribution >= 4 is 27.4 Å². The Morgan fingerprint density at radius 3 is 2.81 bits per heavy atom. The molecule has 7 heteroatoms. The molecule has 1 N–H and O–H groups in total. The van der Waals surface area contributed by atoms with E-state index in [2.05, 4.69) is 28.3 Å². The van der Waals surface area contributed by atoms with Crippen molar-refractivity contribution in [2.24, 2.45) is 0 Å². The van der Waals surface area contributed by atoms with E-state index in [0.717, 1.165) is 29.0 Å². The van der Waals surface area contributed by atoms with Crippen LogP contribution in [0.3, 0.4) is 0 Å². The van der Waals surface area contributed by atoms with Gasteiger partial charge in [0.1, 0.15) is 23.1 Å². The number of nitrogens with zero attached hydrogens (tertiary/aromatic N) is 2. The Balaban J connectivity index is 2.15. The van der Waals surface area contributed by atoms with Crippen LogP contribution in [0.2, 0.25) is 0 Å². The molecule has 2 rings (SSSR count). The number of halogens is 2. The summed E-state index contributed by atoms with van der Waals surface area (Å²) in [6.07, 6.45) is -1.05. The molecule has 0 atom stereocenters. The quantitative estimate of drug-likeness (QED) is 0.757. The standard InChI is InChI=1S/C14H19F2N3OS/c1-3-9-7-10-13(17-4-2)18-12(19-14(10)21-9)5-6-20-8-11(15)16/h7,11H,3-6,8H2,1-2H3,(H,17,18,19). The molecule has 0 saturated carbocycles. The summed E-state index contributed by atoms with van der Waals surface area (Å²) in [5, 5.41) is 4.26. The average molecular weight is 315 g/mol. The van der Waals surface area contributed by atoms with Crippen molar-refractivity contribution in [1.82, 2.24) is 9.97 Å². The van der Waals surface area contributed by atoms with E-state index >= 15 is 0 Å². The first-order chi connectivity index (χ1) is 10.1. The molecule has 0 unspecified atom stereocenters. The van der Waals surface area contributed by atoms with Crippen LogP contribution in [0.25, 0.3) is 10.2 Å². The van der Waals surface area contributed by atoms with Gasteiger partial charge in [0.05, 0.1) is 12.0 Å². The highest BCUT2D eigenvalue weighted by Crippen LogP contribution is 2.29. The first-order valence-electron chi connectivity index (χ1n) is 7.03. The topological polar surface area (TPSA) is 47.0 Å². The maximum absolute atomic E-state index is 12.0. The minimum Gasteiger partial charge on any atom is -0.375 e. The second kappa shape index (κ2) is 7.61. The zero-order valence-corrected chi connectivity index (χ0v) is 13.0. The lowest BCUT2D eigenvalue weighted by Gasteiger charge is -2.07. The van der Waals surface area contributed by atoms with Crippen molar-refractivity contribution in [2.45, 2.75) is 33.1 Å². The number of hydrogen-bond acceptors (Lipinski definition) is 5. The van der Waals surface area contributed by atoms with Crippen LogP contribution >= 0.6 is 11.3 Å². The molecule has 2 aromatic rings. The molecule has 0 amide bonds. The molecule has 0 radical (unpaired) electrons. The van der Waals surface area contributed by atoms with Gasteiger partial charge in [-0.2, -0.15) is 0 Å². The molecule has 2 heterocycles. The zero-order chi connectivity index (χ0) is 15.2. The molecular formula is C14H19F2N3OS. The van der Waals surface area contributed by atoms with Crippen molar-refractivity contribution in [2.75, 3.05) is 25.1 Å². The van der Waals surface area contributed by atoms with E-state index in [1.807, 2.05) is 6.92 Å². The molecule has 0 aliphatic rings. The predicted octanol–water partition coefficient (Wildman–Crippen LogP) is 3.51. The van der Waals surface area contributed by atoms with E-state index in [1.54, 1.807) is 11.3 Å². The highest BCUT2D eigenvalue weighted by molar-refractivity contribution is 7.18. The number of anilines is 1. The summed E-state index contributed by atoms with van der Waals surface area (Å²) in [5.41, 5.74) is 0. The van der Waals surface area contributed by atoms with Gasteiger partial charge in [-0.25, -0.2) is 18.7 Å². The van der Waals surface area contributed by atoms with Gasteiger partial charge in [-0.1, -0.05) is 6.92 Å². The predicted molar refractivity (Wildman–Crippen MR) is 81.5 cm³/mol. The van der Waals surface area contributed by atoms with E-state index in [4.69, 9.17) is 4.74 Å². The lowest BCUT2D eigenvalue weighted by Crippen LogP contribution is -2.10. The maximum Gasteiger partial charge on any atom is 0.261 e. The van der Waals surface area contributed by atoms with Gasteiger partial charge >= 0.3 is 0 Å². The number of ether oxygens (including phenoxy) is 1. The van der Waals surface area contributed by atoms with Gasteiger partial charge in [0.15, 0.2) is 0 Å². The van der Waals surface area contributed by atoms with Gasteiger partial charge in [-0.05, 0) is 19.4 Å². The minimum absolute atomic E-state index is 0.202. The Bertz CT molecular complexity index is 589. The largest absolute Gasteiger partial charge is 0.375 e. The van der Waals surface area contributed by atoms with Gasteiger partial charge in [-0.3, -0.25) is 0 Å². The van der Waals surface area contributed by atoms with Gasteiger partial charge in [-0.15, -0.1) is 11.3 Å². The monoisotopic (exact) mass is 315 g/mol. The summed E-state index contributed by atoms with van der Waals surface area (Å²) >= 11 is 1.64. The van der Waals surface area contributed by atoms with Crippen LogP contribution < -0.4 is 5.32 Å². The summed E-state index contributed by atoms with van der Waals surface area (Å²) in [4.78, 5) is 11.2. The smallest absolute Gasteiger partial charge is 0.261 e. The van der Waals surface area contributed by atoms with Gasteiger partial charge < -0.3 is 10.1 Å². The van der Waals surface area contributed by atoms with Crippen LogP contribution in [-0.4, -0.2) is 36.2 Å². The highest BCUT2D eigenvalue weighted by Gasteiger charge is 2.11. The van der Waals surface area contributed by atoms with Gasteiger partial charge in [0.25, 0.3) is 6.43 Å². The van der Waals surface area contributed by atoms with Crippen molar-refractivity contribution in [3.8, 4) is 0 Å². The van der Waals surface area contributed by atoms with Crippen LogP contribution in [0.15, 0.2) is 6.07 Å². The summed E-state index contributed by atoms with van der Waals surface area (Å²) in [6.45, 7) is 4.54. The molecule has 0 saturated heterocycles. The minimum atomic E-state index is -2.44. The Morgan fingerprint density at radius 1 is 1.33 bits per heavy atom. The van der Waals surface area contributed by atoms with Crippen molar-refractivity contribution in [3.05, 3.63) is 16.8 Å². The number of thiophene rings is 1. The fourth-order valence-corrected chi connectivity index (χ4v) is 2.93. The van der Waals surface area contributed by atoms with Crippen LogP contribution in [-0.2, 0) is 17.6 Å². The Morgan fingerprint density at radius 2 is 2.14 bits per heavy atom. The lowest BCUT2D eigenvalue weighted by molar-refractivity contribution is 0.0183. The first kappa shape index (κ1) is 16.0. The Kier molecular flexibility index (Phi) is 5.81. The number of fused-ring (bicyclic) bond motifs is 1. The number of nitrogens with one attached hydrogen (secondary N) is 1. The average Bonchev–Trinajstić information content (AvgIpc) is 2.87. The van der Waals surface area contributed by atoms with E-state index in [1.165, 1.54) is 4.88 Å². The molecular weight excluding hydrogens is 296 g/mol. The van der Waals surface area contributed by atoms with Crippen molar-refractivity contribution < 1.29 is 13.5 Å². The number of alkyl halides is 2. The fraction of sp³-hybridized carbons (Fsp3) is 0.571. The van der Waals surface area contributed by atoms with Crippen LogP contribution in [0.5, 0.6) is 0 Å². The summed E-state index contributed by atoms with van der Waals surface area (Å²) in [7, 11) is 0. The number of hydrogen-bond donors (Lipinski definition) is 1. The Hall–Kier alpha value is -1.34. The second-order valence-corrected chi connectivity index (χ2v) is 5.64. The SMILES string of the molecule is CCNc1nc(CCOCC(F)F)nc2sc(CC)cc12. The Labute approximate surface area is 126 Å². The van der Waals surface area contributed by atoms with E-state index in [0.29, 0.717) is 12.2 Å². The van der Waals surface area contributed by atoms with E-state index in [9.17, 15) is 8.78 Å². The van der Waals surface area contributed by atoms with E-state index < -0.39 is 13.0 Å². The molecule has 4 nitrogen and oxygen atoms in total. The third-order valence-corrected chi connectivity index (χ3v) is 4.07. The highest BCUT2D eigenvalue weighted by atomic mass is 32.1. The molecule has 2 aromatic heterocycles. The summed E-state index contributed by atoms with van der Waals surface area (Å²) in [5.74, 6) is 1.43. The van der Waals surface area contributed by atoms with Crippen LogP contribution in [0.1, 0.15) is 24.5 Å². The van der Waals surface area contributed by atoms with Gasteiger partial charge in [0, 0.05) is 17.8 Å². The summed E-state index contributed by atoms with van der Waals surface area (Å²) in [6, 6.07) is 2.11. The molecule has 0 aliphatic heterocycles. The maximum atomic E-state index is 12.0. The zero-order valence-electron chi connectivity index (χ0n) is 12.2. The van der Waals surface area contributed by atoms with Crippen molar-refractivity contribution in [3.63, 3.8) is 0 Å². The molecule has 0 spiro atoms. The number of aryl methyl sites for hydroxylation is 1. The second-order valence-electron chi connectivity index (χ2n) is 4.52. The number of aromatic nitrogens is 2. The first-order valence-corrected chi connectivity index (χ1v) is 7.84. The molecule has 0 bridgehead atoms. The molecule has 116 valence electrons. The lowest BCUT2D eigenvalue weighted by atomic mass is 10.3.